The summed E-state index contributed by atoms with van der Waals surface area (Å²) in [7, 11) is 0. The zero-order valence-electron chi connectivity index (χ0n) is 22.5. The predicted molar refractivity (Wildman–Crippen MR) is 148 cm³/mol. The molecule has 2 atom stereocenters. The highest BCUT2D eigenvalue weighted by atomic mass is 19.1. The lowest BCUT2D eigenvalue weighted by atomic mass is 9.84. The Labute approximate surface area is 232 Å². The van der Waals surface area contributed by atoms with Crippen molar-refractivity contribution in [1.29, 1.82) is 0 Å². The lowest BCUT2D eigenvalue weighted by molar-refractivity contribution is -0.124. The number of rotatable bonds is 10. The number of nitrogens with one attached hydrogen (secondary N) is 3. The van der Waals surface area contributed by atoms with Gasteiger partial charge in [0.05, 0.1) is 5.56 Å². The summed E-state index contributed by atoms with van der Waals surface area (Å²) in [6.07, 6.45) is 6.04. The number of halogens is 1. The first-order valence-electron chi connectivity index (χ1n) is 13.9. The number of hydrogen-bond acceptors (Lipinski definition) is 6. The minimum Gasteiger partial charge on any atom is -0.457 e. The molecule has 3 aromatic rings. The van der Waals surface area contributed by atoms with Gasteiger partial charge in [-0.1, -0.05) is 50.3 Å². The van der Waals surface area contributed by atoms with E-state index < -0.39 is 17.8 Å². The van der Waals surface area contributed by atoms with Crippen LogP contribution in [0.1, 0.15) is 71.9 Å². The van der Waals surface area contributed by atoms with Crippen LogP contribution in [0.15, 0.2) is 59.0 Å². The highest BCUT2D eigenvalue weighted by Crippen LogP contribution is 2.28. The van der Waals surface area contributed by atoms with Crippen molar-refractivity contribution in [2.75, 3.05) is 11.9 Å². The van der Waals surface area contributed by atoms with Crippen LogP contribution in [0.5, 0.6) is 0 Å². The van der Waals surface area contributed by atoms with Crippen LogP contribution in [0.25, 0.3) is 11.3 Å². The molecule has 9 heteroatoms. The molecule has 2 aliphatic rings. The molecular weight excluding hydrogens is 513 g/mol. The number of fused-ring (bicyclic) bond motifs is 1. The third-order valence-electron chi connectivity index (χ3n) is 7.54. The van der Waals surface area contributed by atoms with E-state index in [4.69, 9.17) is 9.15 Å². The van der Waals surface area contributed by atoms with Crippen molar-refractivity contribution >= 4 is 23.5 Å². The average Bonchev–Trinajstić information content (AvgIpc) is 3.59. The molecule has 210 valence electrons. The van der Waals surface area contributed by atoms with Gasteiger partial charge >= 0.3 is 5.97 Å². The number of ether oxygens (including phenoxy) is 1. The predicted octanol–water partition coefficient (Wildman–Crippen LogP) is 5.44. The first-order chi connectivity index (χ1) is 19.4. The van der Waals surface area contributed by atoms with Crippen molar-refractivity contribution in [3.8, 4) is 11.3 Å². The Hall–Kier alpha value is -4.14. The number of amides is 2. The third kappa shape index (κ3) is 6.70. The number of hydrogen-bond donors (Lipinski definition) is 3. The monoisotopic (exact) mass is 547 g/mol. The molecule has 2 heterocycles. The minimum atomic E-state index is -0.726. The normalized spacial score (nSPS) is 16.5. The zero-order chi connectivity index (χ0) is 28.1. The maximum Gasteiger partial charge on any atom is 0.338 e. The van der Waals surface area contributed by atoms with Crippen molar-refractivity contribution in [3.05, 3.63) is 77.3 Å². The molecule has 3 N–H and O–H groups in total. The second-order valence-electron chi connectivity index (χ2n) is 10.7. The van der Waals surface area contributed by atoms with Crippen molar-refractivity contribution in [2.24, 2.45) is 5.92 Å². The molecule has 0 spiro atoms. The Balaban J connectivity index is 1.22. The Morgan fingerprint density at radius 2 is 1.85 bits per heavy atom. The van der Waals surface area contributed by atoms with Gasteiger partial charge in [-0.3, -0.25) is 9.59 Å². The maximum atomic E-state index is 13.6. The van der Waals surface area contributed by atoms with Crippen LogP contribution in [-0.2, 0) is 16.1 Å². The van der Waals surface area contributed by atoms with Crippen molar-refractivity contribution in [3.63, 3.8) is 0 Å². The quantitative estimate of drug-likeness (QED) is 0.292. The highest BCUT2D eigenvalue weighted by Gasteiger charge is 2.28. The topological polar surface area (TPSA) is 110 Å². The number of benzene rings is 2. The Kier molecular flexibility index (Phi) is 8.48. The summed E-state index contributed by atoms with van der Waals surface area (Å²) >= 11 is 0. The second-order valence-corrected chi connectivity index (χ2v) is 10.7. The molecule has 0 bridgehead atoms. The molecule has 1 saturated carbocycles. The van der Waals surface area contributed by atoms with Gasteiger partial charge in [0.25, 0.3) is 5.91 Å². The number of furan rings is 1. The van der Waals surface area contributed by atoms with Crippen LogP contribution in [-0.4, -0.2) is 36.4 Å². The molecule has 0 radical (unpaired) electrons. The molecule has 40 heavy (non-hydrogen) atoms. The maximum absolute atomic E-state index is 13.6. The molecule has 8 nitrogen and oxygen atoms in total. The third-order valence-corrected chi connectivity index (χ3v) is 7.54. The van der Waals surface area contributed by atoms with Crippen LogP contribution in [0.2, 0.25) is 0 Å². The summed E-state index contributed by atoms with van der Waals surface area (Å²) in [6.45, 7) is 2.60. The van der Waals surface area contributed by atoms with Crippen molar-refractivity contribution in [2.45, 2.75) is 64.1 Å². The number of esters is 1. The van der Waals surface area contributed by atoms with Crippen molar-refractivity contribution in [1.82, 2.24) is 10.6 Å². The molecule has 1 aliphatic heterocycles. The zero-order valence-corrected chi connectivity index (χ0v) is 22.5. The van der Waals surface area contributed by atoms with Gasteiger partial charge in [0.1, 0.15) is 24.2 Å². The Bertz CT molecular complexity index is 1380. The van der Waals surface area contributed by atoms with E-state index in [1.807, 2.05) is 19.1 Å². The molecule has 0 saturated heterocycles. The van der Waals surface area contributed by atoms with Gasteiger partial charge in [-0.15, -0.1) is 0 Å². The first kappa shape index (κ1) is 27.4. The van der Waals surface area contributed by atoms with Gasteiger partial charge in [-0.2, -0.15) is 0 Å². The molecular formula is C31H34FN3O5. The first-order valence-corrected chi connectivity index (χ1v) is 13.9. The Morgan fingerprint density at radius 1 is 1.02 bits per heavy atom. The molecule has 1 aliphatic carbocycles. The van der Waals surface area contributed by atoms with Crippen molar-refractivity contribution < 1.29 is 27.9 Å². The van der Waals surface area contributed by atoms with Crippen LogP contribution in [0.4, 0.5) is 10.1 Å². The van der Waals surface area contributed by atoms with Gasteiger partial charge in [0.15, 0.2) is 5.76 Å². The molecule has 2 aromatic carbocycles. The summed E-state index contributed by atoms with van der Waals surface area (Å²) in [5.74, 6) is -0.698. The lowest BCUT2D eigenvalue weighted by Gasteiger charge is -2.27. The van der Waals surface area contributed by atoms with E-state index in [2.05, 4.69) is 16.0 Å². The fraction of sp³-hybridized carbons (Fsp3) is 0.387. The minimum absolute atomic E-state index is 0.0607. The summed E-state index contributed by atoms with van der Waals surface area (Å²) in [5.41, 5.74) is 2.70. The fourth-order valence-electron chi connectivity index (χ4n) is 5.36. The number of carbonyl (C=O) groups excluding carboxylic acids is 3. The van der Waals surface area contributed by atoms with E-state index in [1.54, 1.807) is 24.3 Å². The lowest BCUT2D eigenvalue weighted by Crippen LogP contribution is -2.51. The molecule has 0 unspecified atom stereocenters. The number of cyclic esters (lactones) is 1. The molecule has 1 aromatic heterocycles. The van der Waals surface area contributed by atoms with Gasteiger partial charge in [-0.25, -0.2) is 9.18 Å². The van der Waals surface area contributed by atoms with E-state index in [1.165, 1.54) is 24.6 Å². The summed E-state index contributed by atoms with van der Waals surface area (Å²) in [6, 6.07) is 13.6. The second kappa shape index (κ2) is 12.4. The van der Waals surface area contributed by atoms with Gasteiger partial charge in [0.2, 0.25) is 5.91 Å². The van der Waals surface area contributed by atoms with E-state index >= 15 is 0 Å². The van der Waals surface area contributed by atoms with Gasteiger partial charge < -0.3 is 25.1 Å². The number of anilines is 1. The summed E-state index contributed by atoms with van der Waals surface area (Å²) < 4.78 is 24.4. The largest absolute Gasteiger partial charge is 0.457 e. The van der Waals surface area contributed by atoms with Gasteiger partial charge in [0, 0.05) is 29.4 Å². The van der Waals surface area contributed by atoms with Gasteiger partial charge in [-0.05, 0) is 55.7 Å². The summed E-state index contributed by atoms with van der Waals surface area (Å²) in [4.78, 5) is 38.4. The fourth-order valence-corrected chi connectivity index (χ4v) is 5.36. The smallest absolute Gasteiger partial charge is 0.338 e. The molecule has 5 rings (SSSR count). The van der Waals surface area contributed by atoms with E-state index in [0.717, 1.165) is 36.9 Å². The van der Waals surface area contributed by atoms with E-state index in [-0.39, 0.29) is 23.7 Å². The van der Waals surface area contributed by atoms with Crippen LogP contribution < -0.4 is 16.0 Å². The summed E-state index contributed by atoms with van der Waals surface area (Å²) in [5, 5.41) is 9.15. The molecule has 1 fully saturated rings. The highest BCUT2D eigenvalue weighted by molar-refractivity contribution is 5.96. The Morgan fingerprint density at radius 3 is 2.65 bits per heavy atom. The molecule has 2 amide bonds. The van der Waals surface area contributed by atoms with E-state index in [0.29, 0.717) is 42.4 Å². The standard InChI is InChI=1S/C31H34FN3O5/c1-19(17-33-24-11-10-22-18-39-31(38)25(22)16-24)34-29(36)26(14-20-6-3-2-4-7-20)35-30(37)28-13-12-27(40-28)21-8-5-9-23(32)15-21/h5,8-13,15-16,19-20,26,33H,2-4,6-7,14,17-18H2,1H3,(H,34,36)(H,35,37)/t19-,26-/m0/s1. The van der Waals surface area contributed by atoms with E-state index in [9.17, 15) is 18.8 Å². The van der Waals surface area contributed by atoms with Crippen LogP contribution in [0, 0.1) is 11.7 Å². The SMILES string of the molecule is C[C@@H](CNc1ccc2c(c1)C(=O)OC2)NC(=O)[C@H](CC1CCCCC1)NC(=O)c1ccc(-c2cccc(F)c2)o1. The van der Waals surface area contributed by atoms with Crippen LogP contribution in [0.3, 0.4) is 0 Å². The number of carbonyl (C=O) groups is 3. The average molecular weight is 548 g/mol. The van der Waals surface area contributed by atoms with Crippen LogP contribution >= 0.6 is 0 Å².